The predicted octanol–water partition coefficient (Wildman–Crippen LogP) is 1.50. The average molecular weight is 416 g/mol. The van der Waals surface area contributed by atoms with E-state index in [2.05, 4.69) is 5.32 Å². The van der Waals surface area contributed by atoms with Crippen molar-refractivity contribution in [2.45, 2.75) is 32.2 Å². The molecule has 0 spiro atoms. The standard InChI is InChI=1S/C18H25N3O4S.ClH/c1-2-10-21(14-8-9-19-13-14)26(24,25)12-5-11-20-17(22)15-6-3-4-7-16(15)18(20)23;/h3-4,6-7,14,19H,2,5,8-13H2,1H3;1H. The van der Waals surface area contributed by atoms with E-state index in [1.165, 1.54) is 0 Å². The molecule has 150 valence electrons. The quantitative estimate of drug-likeness (QED) is 0.650. The smallest absolute Gasteiger partial charge is 0.261 e. The Bertz CT molecular complexity index is 759. The Morgan fingerprint density at radius 1 is 1.19 bits per heavy atom. The van der Waals surface area contributed by atoms with Crippen molar-refractivity contribution >= 4 is 34.2 Å². The van der Waals surface area contributed by atoms with Crippen molar-refractivity contribution in [3.05, 3.63) is 35.4 Å². The Balaban J connectivity index is 0.00000261. The second-order valence-electron chi connectivity index (χ2n) is 6.73. The number of carbonyl (C=O) groups is 2. The van der Waals surface area contributed by atoms with Crippen LogP contribution in [0.3, 0.4) is 0 Å². The Labute approximate surface area is 166 Å². The molecular weight excluding hydrogens is 390 g/mol. The molecule has 1 aromatic rings. The van der Waals surface area contributed by atoms with Crippen molar-refractivity contribution in [1.82, 2.24) is 14.5 Å². The van der Waals surface area contributed by atoms with E-state index in [0.717, 1.165) is 24.3 Å². The highest BCUT2D eigenvalue weighted by Crippen LogP contribution is 2.23. The zero-order valence-corrected chi connectivity index (χ0v) is 17.0. The van der Waals surface area contributed by atoms with Crippen LogP contribution in [-0.4, -0.2) is 67.4 Å². The van der Waals surface area contributed by atoms with Gasteiger partial charge in [0, 0.05) is 25.7 Å². The number of hydrogen-bond donors (Lipinski definition) is 1. The van der Waals surface area contributed by atoms with Gasteiger partial charge < -0.3 is 5.32 Å². The van der Waals surface area contributed by atoms with Gasteiger partial charge in [0.15, 0.2) is 0 Å². The van der Waals surface area contributed by atoms with Crippen LogP contribution in [0.1, 0.15) is 46.9 Å². The summed E-state index contributed by atoms with van der Waals surface area (Å²) in [6.45, 7) is 4.09. The van der Waals surface area contributed by atoms with Crippen LogP contribution in [0.4, 0.5) is 0 Å². The van der Waals surface area contributed by atoms with E-state index < -0.39 is 10.0 Å². The van der Waals surface area contributed by atoms with Gasteiger partial charge in [-0.1, -0.05) is 19.1 Å². The van der Waals surface area contributed by atoms with Gasteiger partial charge in [0.25, 0.3) is 11.8 Å². The van der Waals surface area contributed by atoms with Crippen LogP contribution in [0.2, 0.25) is 0 Å². The molecule has 7 nitrogen and oxygen atoms in total. The summed E-state index contributed by atoms with van der Waals surface area (Å²) < 4.78 is 27.1. The average Bonchev–Trinajstić information content (AvgIpc) is 3.23. The fraction of sp³-hybridized carbons (Fsp3) is 0.556. The number of nitrogens with zero attached hydrogens (tertiary/aromatic N) is 2. The maximum Gasteiger partial charge on any atom is 0.261 e. The molecule has 1 fully saturated rings. The monoisotopic (exact) mass is 415 g/mol. The Kier molecular flexibility index (Phi) is 7.39. The van der Waals surface area contributed by atoms with Gasteiger partial charge in [-0.05, 0) is 37.9 Å². The lowest BCUT2D eigenvalue weighted by atomic mass is 10.1. The Morgan fingerprint density at radius 3 is 2.33 bits per heavy atom. The summed E-state index contributed by atoms with van der Waals surface area (Å²) in [6, 6.07) is 6.69. The van der Waals surface area contributed by atoms with Crippen LogP contribution in [0.5, 0.6) is 0 Å². The summed E-state index contributed by atoms with van der Waals surface area (Å²) in [4.78, 5) is 25.8. The van der Waals surface area contributed by atoms with Crippen molar-refractivity contribution in [1.29, 1.82) is 0 Å². The molecular formula is C18H26ClN3O4S. The molecule has 1 saturated heterocycles. The first-order valence-corrected chi connectivity index (χ1v) is 10.7. The summed E-state index contributed by atoms with van der Waals surface area (Å²) in [6.07, 6.45) is 1.82. The second-order valence-corrected chi connectivity index (χ2v) is 8.78. The van der Waals surface area contributed by atoms with Gasteiger partial charge in [0.2, 0.25) is 10.0 Å². The van der Waals surface area contributed by atoms with Crippen LogP contribution >= 0.6 is 12.4 Å². The van der Waals surface area contributed by atoms with E-state index in [9.17, 15) is 18.0 Å². The zero-order valence-electron chi connectivity index (χ0n) is 15.4. The molecule has 2 amide bonds. The summed E-state index contributed by atoms with van der Waals surface area (Å²) in [5.41, 5.74) is 0.787. The van der Waals surface area contributed by atoms with Gasteiger partial charge in [-0.2, -0.15) is 4.31 Å². The molecule has 27 heavy (non-hydrogen) atoms. The third kappa shape index (κ3) is 4.51. The van der Waals surface area contributed by atoms with Gasteiger partial charge in [-0.3, -0.25) is 14.5 Å². The normalized spacial score (nSPS) is 19.5. The van der Waals surface area contributed by atoms with Crippen LogP contribution < -0.4 is 5.32 Å². The minimum Gasteiger partial charge on any atom is -0.315 e. The minimum absolute atomic E-state index is 0. The number of sulfonamides is 1. The van der Waals surface area contributed by atoms with Crippen LogP contribution in [-0.2, 0) is 10.0 Å². The molecule has 1 unspecified atom stereocenters. The fourth-order valence-electron chi connectivity index (χ4n) is 3.62. The fourth-order valence-corrected chi connectivity index (χ4v) is 5.44. The first-order valence-electron chi connectivity index (χ1n) is 9.11. The molecule has 1 atom stereocenters. The molecule has 9 heteroatoms. The SMILES string of the molecule is CCCN(C1CCNC1)S(=O)(=O)CCCN1C(=O)c2ccccc2C1=O.Cl. The summed E-state index contributed by atoms with van der Waals surface area (Å²) >= 11 is 0. The van der Waals surface area contributed by atoms with Gasteiger partial charge in [0.1, 0.15) is 0 Å². The lowest BCUT2D eigenvalue weighted by Crippen LogP contribution is -2.43. The highest BCUT2D eigenvalue weighted by atomic mass is 35.5. The number of halogens is 1. The molecule has 2 aliphatic rings. The first kappa shape index (κ1) is 21.8. The Hall–Kier alpha value is -1.48. The second kappa shape index (κ2) is 9.14. The topological polar surface area (TPSA) is 86.8 Å². The molecule has 2 heterocycles. The van der Waals surface area contributed by atoms with Crippen molar-refractivity contribution < 1.29 is 18.0 Å². The maximum absolute atomic E-state index is 12.8. The summed E-state index contributed by atoms with van der Waals surface area (Å²) in [5.74, 6) is -0.738. The lowest BCUT2D eigenvalue weighted by molar-refractivity contribution is 0.0654. The molecule has 0 aliphatic carbocycles. The van der Waals surface area contributed by atoms with Crippen molar-refractivity contribution in [2.75, 3.05) is 31.9 Å². The van der Waals surface area contributed by atoms with E-state index in [-0.39, 0.29) is 49.0 Å². The first-order chi connectivity index (χ1) is 12.5. The molecule has 1 aromatic carbocycles. The third-order valence-corrected chi connectivity index (χ3v) is 6.90. The molecule has 0 saturated carbocycles. The van der Waals surface area contributed by atoms with Crippen molar-refractivity contribution in [3.8, 4) is 0 Å². The molecule has 3 rings (SSSR count). The number of rotatable bonds is 8. The number of carbonyl (C=O) groups excluding carboxylic acids is 2. The number of fused-ring (bicyclic) bond motifs is 1. The zero-order chi connectivity index (χ0) is 18.7. The van der Waals surface area contributed by atoms with E-state index in [4.69, 9.17) is 0 Å². The summed E-state index contributed by atoms with van der Waals surface area (Å²) in [5, 5.41) is 3.20. The number of amides is 2. The highest BCUT2D eigenvalue weighted by molar-refractivity contribution is 7.89. The van der Waals surface area contributed by atoms with Gasteiger partial charge in [-0.15, -0.1) is 12.4 Å². The number of nitrogens with one attached hydrogen (secondary N) is 1. The number of hydrogen-bond acceptors (Lipinski definition) is 5. The van der Waals surface area contributed by atoms with E-state index in [1.54, 1.807) is 28.6 Å². The maximum atomic E-state index is 12.8. The largest absolute Gasteiger partial charge is 0.315 e. The van der Waals surface area contributed by atoms with E-state index in [1.807, 2.05) is 6.92 Å². The number of imide groups is 1. The molecule has 0 aromatic heterocycles. The van der Waals surface area contributed by atoms with Crippen LogP contribution in [0.15, 0.2) is 24.3 Å². The minimum atomic E-state index is -3.42. The molecule has 0 bridgehead atoms. The van der Waals surface area contributed by atoms with E-state index >= 15 is 0 Å². The lowest BCUT2D eigenvalue weighted by Gasteiger charge is -2.27. The highest BCUT2D eigenvalue weighted by Gasteiger charge is 2.36. The molecule has 0 radical (unpaired) electrons. The third-order valence-electron chi connectivity index (χ3n) is 4.91. The molecule has 1 N–H and O–H groups in total. The predicted molar refractivity (Wildman–Crippen MR) is 106 cm³/mol. The van der Waals surface area contributed by atoms with Gasteiger partial charge in [0.05, 0.1) is 16.9 Å². The van der Waals surface area contributed by atoms with Gasteiger partial charge >= 0.3 is 0 Å². The summed E-state index contributed by atoms with van der Waals surface area (Å²) in [7, 11) is -3.42. The van der Waals surface area contributed by atoms with Crippen LogP contribution in [0, 0.1) is 0 Å². The van der Waals surface area contributed by atoms with Crippen LogP contribution in [0.25, 0.3) is 0 Å². The van der Waals surface area contributed by atoms with Crippen molar-refractivity contribution in [2.24, 2.45) is 0 Å². The van der Waals surface area contributed by atoms with E-state index in [0.29, 0.717) is 24.2 Å². The number of benzene rings is 1. The molecule has 2 aliphatic heterocycles. The van der Waals surface area contributed by atoms with Crippen molar-refractivity contribution in [3.63, 3.8) is 0 Å². The Morgan fingerprint density at radius 2 is 1.81 bits per heavy atom. The van der Waals surface area contributed by atoms with Gasteiger partial charge in [-0.25, -0.2) is 8.42 Å².